The van der Waals surface area contributed by atoms with Gasteiger partial charge in [0.05, 0.1) is 58.5 Å². The molecule has 0 aromatic carbocycles. The van der Waals surface area contributed by atoms with Crippen LogP contribution in [0.3, 0.4) is 0 Å². The van der Waals surface area contributed by atoms with Crippen molar-refractivity contribution in [3.8, 4) is 0 Å². The van der Waals surface area contributed by atoms with Crippen LogP contribution in [0.2, 0.25) is 0 Å². The highest BCUT2D eigenvalue weighted by Gasteiger charge is 2.61. The van der Waals surface area contributed by atoms with Gasteiger partial charge in [0.25, 0.3) is 0 Å². The van der Waals surface area contributed by atoms with Crippen LogP contribution in [0, 0.1) is 5.92 Å². The highest BCUT2D eigenvalue weighted by atomic mass is 16.8. The summed E-state index contributed by atoms with van der Waals surface area (Å²) in [5.74, 6) is -0.107. The first kappa shape index (κ1) is 85.8. The maximum atomic E-state index is 7.04. The van der Waals surface area contributed by atoms with E-state index in [1.165, 1.54) is 107 Å². The van der Waals surface area contributed by atoms with E-state index in [-0.39, 0.29) is 52.2 Å². The lowest BCUT2D eigenvalue weighted by atomic mass is 9.90. The van der Waals surface area contributed by atoms with Gasteiger partial charge in [-0.25, -0.2) is 0 Å². The van der Waals surface area contributed by atoms with Crippen LogP contribution in [0.15, 0.2) is 0 Å². The lowest BCUT2D eigenvalue weighted by Gasteiger charge is -2.52. The zero-order valence-electron chi connectivity index (χ0n) is 62.4. The van der Waals surface area contributed by atoms with Crippen LogP contribution in [-0.4, -0.2) is 412 Å². The molecule has 0 amide bonds. The Balaban J connectivity index is 1.10. The second-order valence-electron chi connectivity index (χ2n) is 25.0. The van der Waals surface area contributed by atoms with E-state index in [9.17, 15) is 0 Å². The number of methoxy groups -OCH3 is 22. The Hall–Kier alpha value is -1.40. The number of ether oxygens (including phenoxy) is 35. The van der Waals surface area contributed by atoms with Gasteiger partial charge in [-0.05, 0) is 0 Å². The van der Waals surface area contributed by atoms with Crippen LogP contribution < -0.4 is 0 Å². The summed E-state index contributed by atoms with van der Waals surface area (Å²) in [6.45, 7) is 2.36. The Kier molecular flexibility index (Phi) is 36.9. The molecule has 0 spiro atoms. The minimum Gasteiger partial charge on any atom is -0.382 e. The molecule has 35 unspecified atom stereocenters. The van der Waals surface area contributed by atoms with Gasteiger partial charge in [0.2, 0.25) is 0 Å². The fourth-order valence-corrected chi connectivity index (χ4v) is 14.9. The van der Waals surface area contributed by atoms with Gasteiger partial charge in [0.15, 0.2) is 44.0 Å². The maximum absolute atomic E-state index is 7.04. The largest absolute Gasteiger partial charge is 0.382 e. The third-order valence-electron chi connectivity index (χ3n) is 19.7. The molecule has 0 saturated carbocycles. The van der Waals surface area contributed by atoms with Gasteiger partial charge in [-0.2, -0.15) is 0 Å². The summed E-state index contributed by atoms with van der Waals surface area (Å²) in [5, 5.41) is 0. The fourth-order valence-electron chi connectivity index (χ4n) is 14.9. The molecule has 0 bridgehead atoms. The van der Waals surface area contributed by atoms with E-state index in [0.29, 0.717) is 0 Å². The van der Waals surface area contributed by atoms with E-state index in [1.54, 1.807) is 49.8 Å². The minimum absolute atomic E-state index is 0.00469. The van der Waals surface area contributed by atoms with E-state index >= 15 is 0 Å². The minimum atomic E-state index is -1.22. The molecule has 0 aliphatic carbocycles. The van der Waals surface area contributed by atoms with E-state index < -0.39 is 209 Å². The number of hydrogen-bond donors (Lipinski definition) is 0. The van der Waals surface area contributed by atoms with Gasteiger partial charge >= 0.3 is 0 Å². The summed E-state index contributed by atoms with van der Waals surface area (Å²) in [5.41, 5.74) is 0. The average Bonchev–Trinajstić information content (AvgIpc) is 0.752. The predicted octanol–water partition coefficient (Wildman–Crippen LogP) is -0.611. The Morgan fingerprint density at radius 3 is 0.480 bits per heavy atom. The first-order chi connectivity index (χ1) is 48.6. The van der Waals surface area contributed by atoms with Crippen molar-refractivity contribution in [3.05, 3.63) is 0 Å². The molecule has 0 aromatic heterocycles. The molecule has 35 heteroatoms. The fraction of sp³-hybridized carbons (Fsp3) is 1.00. The van der Waals surface area contributed by atoms with Crippen LogP contribution in [-0.2, 0) is 166 Å². The Bertz CT molecular complexity index is 2210. The van der Waals surface area contributed by atoms with Crippen molar-refractivity contribution in [1.82, 2.24) is 0 Å². The molecular formula is C65H118O35. The quantitative estimate of drug-likeness (QED) is 0.0737. The van der Waals surface area contributed by atoms with Crippen molar-refractivity contribution in [2.45, 2.75) is 216 Å². The topological polar surface area (TPSA) is 323 Å². The van der Waals surface area contributed by atoms with Gasteiger partial charge < -0.3 is 166 Å². The molecule has 7 heterocycles. The van der Waals surface area contributed by atoms with E-state index in [1.807, 2.05) is 6.92 Å². The summed E-state index contributed by atoms with van der Waals surface area (Å²) in [6.07, 6.45) is -30.7. The first-order valence-corrected chi connectivity index (χ1v) is 33.4. The average molecular weight is 1460 g/mol. The molecule has 7 aliphatic rings. The Morgan fingerprint density at radius 1 is 0.160 bits per heavy atom. The summed E-state index contributed by atoms with van der Waals surface area (Å²) in [4.78, 5) is 0. The summed E-state index contributed by atoms with van der Waals surface area (Å²) in [6, 6.07) is 0. The molecule has 35 nitrogen and oxygen atoms in total. The van der Waals surface area contributed by atoms with Gasteiger partial charge in [-0.15, -0.1) is 0 Å². The lowest BCUT2D eigenvalue weighted by molar-refractivity contribution is -0.403. The van der Waals surface area contributed by atoms with Crippen LogP contribution in [0.1, 0.15) is 6.92 Å². The van der Waals surface area contributed by atoms with E-state index in [0.717, 1.165) is 0 Å². The molecule has 7 fully saturated rings. The third-order valence-corrected chi connectivity index (χ3v) is 19.7. The zero-order chi connectivity index (χ0) is 72.9. The van der Waals surface area contributed by atoms with Crippen LogP contribution >= 0.6 is 0 Å². The molecule has 100 heavy (non-hydrogen) atoms. The smallest absolute Gasteiger partial charge is 0.187 e. The van der Waals surface area contributed by atoms with Gasteiger partial charge in [-0.1, -0.05) is 6.92 Å². The lowest BCUT2D eigenvalue weighted by Crippen LogP contribution is -2.69. The highest BCUT2D eigenvalue weighted by molar-refractivity contribution is 5.03. The summed E-state index contributed by atoms with van der Waals surface area (Å²) < 4.78 is 220. The molecule has 588 valence electrons. The van der Waals surface area contributed by atoms with Gasteiger partial charge in [-0.3, -0.25) is 0 Å². The second kappa shape index (κ2) is 43.0. The van der Waals surface area contributed by atoms with Crippen molar-refractivity contribution >= 4 is 0 Å². The highest BCUT2D eigenvalue weighted by Crippen LogP contribution is 2.42. The normalized spacial score (nSPS) is 44.4. The van der Waals surface area contributed by atoms with Crippen LogP contribution in [0.4, 0.5) is 0 Å². The van der Waals surface area contributed by atoms with E-state index in [4.69, 9.17) is 166 Å². The second-order valence-corrected chi connectivity index (χ2v) is 25.0. The monoisotopic (exact) mass is 1460 g/mol. The zero-order valence-corrected chi connectivity index (χ0v) is 62.4. The van der Waals surface area contributed by atoms with E-state index in [2.05, 4.69) is 0 Å². The van der Waals surface area contributed by atoms with Crippen molar-refractivity contribution in [3.63, 3.8) is 0 Å². The third kappa shape index (κ3) is 19.4. The van der Waals surface area contributed by atoms with Gasteiger partial charge in [0.1, 0.15) is 153 Å². The predicted molar refractivity (Wildman–Crippen MR) is 340 cm³/mol. The van der Waals surface area contributed by atoms with Crippen molar-refractivity contribution in [2.75, 3.05) is 203 Å². The molecule has 0 aromatic rings. The standard InChI is InChI=1S/C65H118O35/c1-31-32(24-66-2)88-60(52(80-16)39(31)73-9)95-41-34(26-68-4)90-62(54(82-18)47(41)75-11)97-43-36(28-70-6)92-64(56(84-20)49(43)77-13)99-45-38(30-72-8)94-65(58(86-22)51(45)79-15)100-44-37(29-71-7)93-63(57(85-21)50(44)78-14)98-42-35(27-69-5)91-61(55(83-19)48(42)76-12)96-40-33(25-67-3)89-59(87-23)53(81-17)46(40)74-10/h31-65H,24-30H2,1-23H3. The van der Waals surface area contributed by atoms with Crippen LogP contribution in [0.5, 0.6) is 0 Å². The summed E-state index contributed by atoms with van der Waals surface area (Å²) >= 11 is 0. The number of rotatable bonds is 41. The molecular weight excluding hydrogens is 1340 g/mol. The molecule has 0 radical (unpaired) electrons. The van der Waals surface area contributed by atoms with Crippen molar-refractivity contribution in [2.24, 2.45) is 5.92 Å². The SMILES string of the molecule is COCC1OC(OC2C(COC)OC(OC3C(COC)OC(OC4C(COC)OC(OC5C(COC)OC(OC6C(COC)OC(OC7C(COC)OC(OC)C(OC)C7OC)C(OC)C6OC)C(OC)C5OC)C(OC)C4OC)C(OC)C3OC)C(OC)C2OC)C(OC)C(OC)C1C. The first-order valence-electron chi connectivity index (χ1n) is 33.4. The summed E-state index contributed by atoms with van der Waals surface area (Å²) in [7, 11) is 33.7. The Morgan fingerprint density at radius 2 is 0.310 bits per heavy atom. The maximum Gasteiger partial charge on any atom is 0.187 e. The molecule has 0 N–H and O–H groups in total. The number of hydrogen-bond acceptors (Lipinski definition) is 35. The van der Waals surface area contributed by atoms with Gasteiger partial charge in [0, 0.05) is 162 Å². The molecule has 7 aliphatic heterocycles. The van der Waals surface area contributed by atoms with Crippen molar-refractivity contribution < 1.29 is 166 Å². The molecule has 7 rings (SSSR count). The molecule has 35 atom stereocenters. The van der Waals surface area contributed by atoms with Crippen LogP contribution in [0.25, 0.3) is 0 Å². The Labute approximate surface area is 588 Å². The molecule has 7 saturated heterocycles. The van der Waals surface area contributed by atoms with Crippen molar-refractivity contribution in [1.29, 1.82) is 0 Å².